The molecule has 2 aromatic rings. The Balaban J connectivity index is 2.75. The first-order valence-corrected chi connectivity index (χ1v) is 4.77. The van der Waals surface area contributed by atoms with Crippen molar-refractivity contribution in [3.63, 3.8) is 0 Å². The van der Waals surface area contributed by atoms with Crippen LogP contribution in [0.1, 0.15) is 0 Å². The van der Waals surface area contributed by atoms with E-state index in [0.717, 1.165) is 16.7 Å². The predicted molar refractivity (Wildman–Crippen MR) is 58.2 cm³/mol. The van der Waals surface area contributed by atoms with Crippen LogP contribution in [0, 0.1) is 0 Å². The van der Waals surface area contributed by atoms with Gasteiger partial charge in [0.1, 0.15) is 11.6 Å². The van der Waals surface area contributed by atoms with Gasteiger partial charge in [-0.05, 0) is 34.1 Å². The summed E-state index contributed by atoms with van der Waals surface area (Å²) in [6.45, 7) is 0. The zero-order valence-electron chi connectivity index (χ0n) is 7.49. The number of halogens is 1. The van der Waals surface area contributed by atoms with Crippen LogP contribution < -0.4 is 10.5 Å². The number of rotatable bonds is 1. The number of anilines is 1. The van der Waals surface area contributed by atoms with Gasteiger partial charge in [0.2, 0.25) is 0 Å². The number of benzene rings is 1. The topological polar surface area (TPSA) is 61.0 Å². The van der Waals surface area contributed by atoms with Crippen molar-refractivity contribution in [1.82, 2.24) is 9.97 Å². The molecule has 0 spiro atoms. The van der Waals surface area contributed by atoms with Crippen molar-refractivity contribution in [2.24, 2.45) is 0 Å². The van der Waals surface area contributed by atoms with Crippen LogP contribution in [-0.4, -0.2) is 17.1 Å². The molecule has 0 radical (unpaired) electrons. The Hall–Kier alpha value is -1.36. The van der Waals surface area contributed by atoms with E-state index in [-0.39, 0.29) is 0 Å². The standard InChI is InChI=1S/C9H8BrN3O/c1-14-5-2-3-7-6(4-5)8(11)13-9(10)12-7/h2-4H,1H3,(H2,11,12,13). The SMILES string of the molecule is COc1ccc2nc(Br)nc(N)c2c1. The molecule has 0 atom stereocenters. The van der Waals surface area contributed by atoms with Crippen molar-refractivity contribution in [2.45, 2.75) is 0 Å². The fourth-order valence-corrected chi connectivity index (χ4v) is 1.61. The lowest BCUT2D eigenvalue weighted by Gasteiger charge is -2.04. The highest BCUT2D eigenvalue weighted by atomic mass is 79.9. The highest BCUT2D eigenvalue weighted by Gasteiger charge is 2.04. The first kappa shape index (κ1) is 9.21. The summed E-state index contributed by atoms with van der Waals surface area (Å²) >= 11 is 3.19. The van der Waals surface area contributed by atoms with E-state index in [1.807, 2.05) is 18.2 Å². The number of nitrogens with two attached hydrogens (primary N) is 1. The van der Waals surface area contributed by atoms with Gasteiger partial charge in [-0.25, -0.2) is 9.97 Å². The Bertz CT molecular complexity index is 487. The summed E-state index contributed by atoms with van der Waals surface area (Å²) in [7, 11) is 1.61. The highest BCUT2D eigenvalue weighted by molar-refractivity contribution is 9.10. The third kappa shape index (κ3) is 1.50. The van der Waals surface area contributed by atoms with E-state index in [9.17, 15) is 0 Å². The molecule has 2 N–H and O–H groups in total. The summed E-state index contributed by atoms with van der Waals surface area (Å²) in [6.07, 6.45) is 0. The first-order chi connectivity index (χ1) is 6.70. The second-order valence-electron chi connectivity index (χ2n) is 2.76. The Morgan fingerprint density at radius 3 is 2.86 bits per heavy atom. The molecule has 0 aliphatic rings. The molecule has 5 heteroatoms. The summed E-state index contributed by atoms with van der Waals surface area (Å²) in [6, 6.07) is 5.50. The number of nitrogens with zero attached hydrogens (tertiary/aromatic N) is 2. The molecule has 4 nitrogen and oxygen atoms in total. The van der Waals surface area contributed by atoms with E-state index in [0.29, 0.717) is 10.6 Å². The molecule has 0 aliphatic heterocycles. The van der Waals surface area contributed by atoms with Crippen molar-refractivity contribution in [2.75, 3.05) is 12.8 Å². The number of aromatic nitrogens is 2. The van der Waals surface area contributed by atoms with Crippen LogP contribution in [0.15, 0.2) is 22.9 Å². The van der Waals surface area contributed by atoms with Crippen LogP contribution in [-0.2, 0) is 0 Å². The monoisotopic (exact) mass is 253 g/mol. The number of fused-ring (bicyclic) bond motifs is 1. The van der Waals surface area contributed by atoms with Crippen molar-refractivity contribution in [1.29, 1.82) is 0 Å². The van der Waals surface area contributed by atoms with Gasteiger partial charge in [-0.1, -0.05) is 0 Å². The molecule has 0 saturated heterocycles. The number of ether oxygens (including phenoxy) is 1. The van der Waals surface area contributed by atoms with Gasteiger partial charge in [0.25, 0.3) is 0 Å². The minimum Gasteiger partial charge on any atom is -0.497 e. The van der Waals surface area contributed by atoms with Gasteiger partial charge >= 0.3 is 0 Å². The Kier molecular flexibility index (Phi) is 2.25. The summed E-state index contributed by atoms with van der Waals surface area (Å²) in [5, 5.41) is 0.799. The highest BCUT2D eigenvalue weighted by Crippen LogP contribution is 2.24. The summed E-state index contributed by atoms with van der Waals surface area (Å²) < 4.78 is 5.58. The van der Waals surface area contributed by atoms with E-state index in [2.05, 4.69) is 25.9 Å². The molecular formula is C9H8BrN3O. The smallest absolute Gasteiger partial charge is 0.199 e. The molecule has 1 heterocycles. The lowest BCUT2D eigenvalue weighted by atomic mass is 10.2. The van der Waals surface area contributed by atoms with Crippen molar-refractivity contribution in [3.8, 4) is 5.75 Å². The average molecular weight is 254 g/mol. The number of nitrogen functional groups attached to an aromatic ring is 1. The van der Waals surface area contributed by atoms with E-state index in [1.165, 1.54) is 0 Å². The molecule has 2 rings (SSSR count). The molecule has 0 amide bonds. The van der Waals surface area contributed by atoms with Gasteiger partial charge in [-0.3, -0.25) is 0 Å². The van der Waals surface area contributed by atoms with E-state index in [4.69, 9.17) is 10.5 Å². The molecule has 0 fully saturated rings. The van der Waals surface area contributed by atoms with Crippen LogP contribution in [0.5, 0.6) is 5.75 Å². The van der Waals surface area contributed by atoms with E-state index < -0.39 is 0 Å². The third-order valence-corrected chi connectivity index (χ3v) is 2.26. The molecule has 72 valence electrons. The van der Waals surface area contributed by atoms with Gasteiger partial charge < -0.3 is 10.5 Å². The van der Waals surface area contributed by atoms with Crippen LogP contribution in [0.25, 0.3) is 10.9 Å². The van der Waals surface area contributed by atoms with Crippen molar-refractivity contribution < 1.29 is 4.74 Å². The minimum atomic E-state index is 0.445. The summed E-state index contributed by atoms with van der Waals surface area (Å²) in [5.41, 5.74) is 6.54. The number of hydrogen-bond acceptors (Lipinski definition) is 4. The van der Waals surface area contributed by atoms with E-state index in [1.54, 1.807) is 7.11 Å². The van der Waals surface area contributed by atoms with Crippen molar-refractivity contribution in [3.05, 3.63) is 22.9 Å². The van der Waals surface area contributed by atoms with Crippen LogP contribution in [0.2, 0.25) is 0 Å². The van der Waals surface area contributed by atoms with Crippen LogP contribution in [0.3, 0.4) is 0 Å². The van der Waals surface area contributed by atoms with Gasteiger partial charge in [0.05, 0.1) is 12.6 Å². The Labute approximate surface area is 89.2 Å². The largest absolute Gasteiger partial charge is 0.497 e. The van der Waals surface area contributed by atoms with Gasteiger partial charge in [-0.15, -0.1) is 0 Å². The normalized spacial score (nSPS) is 10.4. The molecule has 0 bridgehead atoms. The quantitative estimate of drug-likeness (QED) is 0.790. The molecule has 14 heavy (non-hydrogen) atoms. The second-order valence-corrected chi connectivity index (χ2v) is 3.47. The number of methoxy groups -OCH3 is 1. The molecule has 1 aromatic carbocycles. The van der Waals surface area contributed by atoms with Gasteiger partial charge in [-0.2, -0.15) is 0 Å². The summed E-state index contributed by atoms with van der Waals surface area (Å²) in [5.74, 6) is 1.19. The van der Waals surface area contributed by atoms with E-state index >= 15 is 0 Å². The molecular weight excluding hydrogens is 246 g/mol. The molecule has 0 unspecified atom stereocenters. The van der Waals surface area contributed by atoms with Crippen molar-refractivity contribution >= 4 is 32.7 Å². The zero-order chi connectivity index (χ0) is 10.1. The van der Waals surface area contributed by atoms with Crippen LogP contribution in [0.4, 0.5) is 5.82 Å². The fourth-order valence-electron chi connectivity index (χ4n) is 1.23. The van der Waals surface area contributed by atoms with Crippen LogP contribution >= 0.6 is 15.9 Å². The maximum Gasteiger partial charge on any atom is 0.199 e. The third-order valence-electron chi connectivity index (χ3n) is 1.91. The Morgan fingerprint density at radius 1 is 1.36 bits per heavy atom. The molecule has 1 aromatic heterocycles. The second kappa shape index (κ2) is 3.42. The number of hydrogen-bond donors (Lipinski definition) is 1. The molecule has 0 aliphatic carbocycles. The van der Waals surface area contributed by atoms with Gasteiger partial charge in [0.15, 0.2) is 4.73 Å². The minimum absolute atomic E-state index is 0.445. The fraction of sp³-hybridized carbons (Fsp3) is 0.111. The average Bonchev–Trinajstić information content (AvgIpc) is 2.17. The maximum absolute atomic E-state index is 5.74. The lowest BCUT2D eigenvalue weighted by molar-refractivity contribution is 0.415. The predicted octanol–water partition coefficient (Wildman–Crippen LogP) is 1.98. The lowest BCUT2D eigenvalue weighted by Crippen LogP contribution is -1.95. The zero-order valence-corrected chi connectivity index (χ0v) is 9.08. The summed E-state index contributed by atoms with van der Waals surface area (Å²) in [4.78, 5) is 8.19. The maximum atomic E-state index is 5.74. The first-order valence-electron chi connectivity index (χ1n) is 3.97. The molecule has 0 saturated carbocycles. The Morgan fingerprint density at radius 2 is 2.14 bits per heavy atom. The van der Waals surface area contributed by atoms with Gasteiger partial charge in [0, 0.05) is 5.39 Å².